The highest BCUT2D eigenvalue weighted by atomic mass is 15.1. The predicted molar refractivity (Wildman–Crippen MR) is 65.3 cm³/mol. The van der Waals surface area contributed by atoms with Crippen molar-refractivity contribution in [2.75, 3.05) is 0 Å². The first-order chi connectivity index (χ1) is 7.68. The van der Waals surface area contributed by atoms with Crippen LogP contribution in [0.1, 0.15) is 30.5 Å². The summed E-state index contributed by atoms with van der Waals surface area (Å²) >= 11 is 0. The molecule has 3 heteroatoms. The van der Waals surface area contributed by atoms with Gasteiger partial charge in [-0.15, -0.1) is 0 Å². The second kappa shape index (κ2) is 3.32. The van der Waals surface area contributed by atoms with Crippen molar-refractivity contribution in [3.05, 3.63) is 29.5 Å². The topological polar surface area (TPSA) is 54.7 Å². The molecule has 0 aliphatic heterocycles. The molecule has 16 heavy (non-hydrogen) atoms. The maximum atomic E-state index is 6.13. The molecule has 84 valence electrons. The first kappa shape index (κ1) is 9.85. The van der Waals surface area contributed by atoms with Crippen LogP contribution in [0.4, 0.5) is 0 Å². The lowest BCUT2D eigenvalue weighted by Gasteiger charge is -2.09. The lowest BCUT2D eigenvalue weighted by Crippen LogP contribution is -2.22. The maximum Gasteiger partial charge on any atom is 0.0926 e. The zero-order valence-corrected chi connectivity index (χ0v) is 9.59. The number of nitrogens with zero attached hydrogens (tertiary/aromatic N) is 1. The molecule has 2 aromatic rings. The molecule has 3 N–H and O–H groups in total. The molecule has 0 bridgehead atoms. The number of rotatable bonds is 3. The van der Waals surface area contributed by atoms with E-state index in [4.69, 9.17) is 5.73 Å². The van der Waals surface area contributed by atoms with E-state index >= 15 is 0 Å². The molecule has 1 heterocycles. The number of hydrogen-bond acceptors (Lipinski definition) is 2. The molecular weight excluding hydrogens is 198 g/mol. The molecule has 0 atom stereocenters. The quantitative estimate of drug-likeness (QED) is 0.825. The third kappa shape index (κ3) is 1.61. The summed E-state index contributed by atoms with van der Waals surface area (Å²) in [5, 5.41) is 8.62. The van der Waals surface area contributed by atoms with Crippen molar-refractivity contribution in [2.24, 2.45) is 5.73 Å². The molecule has 0 spiro atoms. The number of H-pyrrole nitrogens is 1. The predicted octanol–water partition coefficient (Wildman–Crippen LogP) is 2.30. The number of aromatic amines is 1. The average Bonchev–Trinajstić information content (AvgIpc) is 2.90. The summed E-state index contributed by atoms with van der Waals surface area (Å²) in [6, 6.07) is 6.32. The Balaban J connectivity index is 1.93. The number of aryl methyl sites for hydroxylation is 2. The number of aromatic nitrogens is 2. The first-order valence-corrected chi connectivity index (χ1v) is 5.89. The Morgan fingerprint density at radius 3 is 3.00 bits per heavy atom. The number of fused-ring (bicyclic) bond motifs is 1. The van der Waals surface area contributed by atoms with Gasteiger partial charge in [0.2, 0.25) is 0 Å². The van der Waals surface area contributed by atoms with E-state index in [1.54, 1.807) is 0 Å². The molecule has 1 aromatic carbocycles. The van der Waals surface area contributed by atoms with Crippen LogP contribution in [0.5, 0.6) is 0 Å². The standard InChI is InChI=1S/C13H17N3/c1-9-12-10(5-6-13(14)7-8-13)3-2-4-11(12)16-15-9/h2-4H,5-8,14H2,1H3,(H,15,16). The van der Waals surface area contributed by atoms with Crippen molar-refractivity contribution in [3.8, 4) is 0 Å². The SMILES string of the molecule is Cc1[nH]nc2cccc(CCC3(N)CC3)c12. The highest BCUT2D eigenvalue weighted by Crippen LogP contribution is 2.37. The average molecular weight is 215 g/mol. The van der Waals surface area contributed by atoms with Crippen molar-refractivity contribution in [1.82, 2.24) is 10.2 Å². The number of nitrogens with one attached hydrogen (secondary N) is 1. The summed E-state index contributed by atoms with van der Waals surface area (Å²) in [6.07, 6.45) is 4.53. The first-order valence-electron chi connectivity index (χ1n) is 5.89. The van der Waals surface area contributed by atoms with Crippen molar-refractivity contribution in [3.63, 3.8) is 0 Å². The number of nitrogens with two attached hydrogens (primary N) is 1. The van der Waals surface area contributed by atoms with Crippen LogP contribution in [0.3, 0.4) is 0 Å². The monoisotopic (exact) mass is 215 g/mol. The molecule has 1 aliphatic rings. The van der Waals surface area contributed by atoms with Gasteiger partial charge in [0.1, 0.15) is 0 Å². The van der Waals surface area contributed by atoms with E-state index < -0.39 is 0 Å². The van der Waals surface area contributed by atoms with Gasteiger partial charge in [-0.1, -0.05) is 12.1 Å². The van der Waals surface area contributed by atoms with Crippen LogP contribution in [-0.2, 0) is 6.42 Å². The molecule has 0 unspecified atom stereocenters. The van der Waals surface area contributed by atoms with Crippen LogP contribution in [0.25, 0.3) is 10.9 Å². The van der Waals surface area contributed by atoms with Crippen LogP contribution >= 0.6 is 0 Å². The van der Waals surface area contributed by atoms with Crippen molar-refractivity contribution < 1.29 is 0 Å². The highest BCUT2D eigenvalue weighted by Gasteiger charge is 2.37. The molecule has 1 fully saturated rings. The highest BCUT2D eigenvalue weighted by molar-refractivity contribution is 5.84. The van der Waals surface area contributed by atoms with Gasteiger partial charge in [0, 0.05) is 16.6 Å². The van der Waals surface area contributed by atoms with E-state index in [-0.39, 0.29) is 5.54 Å². The van der Waals surface area contributed by atoms with Gasteiger partial charge < -0.3 is 5.73 Å². The van der Waals surface area contributed by atoms with Gasteiger partial charge in [0.15, 0.2) is 0 Å². The van der Waals surface area contributed by atoms with E-state index in [0.717, 1.165) is 24.1 Å². The Morgan fingerprint density at radius 2 is 2.25 bits per heavy atom. The Labute approximate surface area is 95.0 Å². The minimum atomic E-state index is 0.139. The largest absolute Gasteiger partial charge is 0.325 e. The summed E-state index contributed by atoms with van der Waals surface area (Å²) < 4.78 is 0. The maximum absolute atomic E-state index is 6.13. The Kier molecular flexibility index (Phi) is 2.04. The van der Waals surface area contributed by atoms with Crippen molar-refractivity contribution in [1.29, 1.82) is 0 Å². The smallest absolute Gasteiger partial charge is 0.0926 e. The lowest BCUT2D eigenvalue weighted by atomic mass is 10.00. The van der Waals surface area contributed by atoms with Gasteiger partial charge in [0.25, 0.3) is 0 Å². The molecule has 0 amide bonds. The molecule has 3 nitrogen and oxygen atoms in total. The van der Waals surface area contributed by atoms with Crippen molar-refractivity contribution >= 4 is 10.9 Å². The molecule has 0 saturated heterocycles. The summed E-state index contributed by atoms with van der Waals surface area (Å²) in [4.78, 5) is 0. The lowest BCUT2D eigenvalue weighted by molar-refractivity contribution is 0.610. The fraction of sp³-hybridized carbons (Fsp3) is 0.462. The van der Waals surface area contributed by atoms with Crippen LogP contribution in [0.15, 0.2) is 18.2 Å². The summed E-state index contributed by atoms with van der Waals surface area (Å²) in [7, 11) is 0. The van der Waals surface area contributed by atoms with Crippen LogP contribution in [0, 0.1) is 6.92 Å². The van der Waals surface area contributed by atoms with Crippen molar-refractivity contribution in [2.45, 2.75) is 38.1 Å². The van der Waals surface area contributed by atoms with E-state index in [0.29, 0.717) is 0 Å². The summed E-state index contributed by atoms with van der Waals surface area (Å²) in [5.41, 5.74) is 9.87. The van der Waals surface area contributed by atoms with E-state index in [1.165, 1.54) is 23.8 Å². The van der Waals surface area contributed by atoms with Gasteiger partial charge in [-0.2, -0.15) is 5.10 Å². The normalized spacial score (nSPS) is 17.9. The van der Waals surface area contributed by atoms with Gasteiger partial charge in [-0.05, 0) is 44.2 Å². The summed E-state index contributed by atoms with van der Waals surface area (Å²) in [5.74, 6) is 0. The van der Waals surface area contributed by atoms with Crippen LogP contribution in [-0.4, -0.2) is 15.7 Å². The third-order valence-electron chi connectivity index (χ3n) is 3.63. The third-order valence-corrected chi connectivity index (χ3v) is 3.63. The van der Waals surface area contributed by atoms with E-state index in [2.05, 4.69) is 35.3 Å². The molecular formula is C13H17N3. The zero-order valence-electron chi connectivity index (χ0n) is 9.59. The summed E-state index contributed by atoms with van der Waals surface area (Å²) in [6.45, 7) is 2.08. The second-order valence-electron chi connectivity index (χ2n) is 5.02. The Bertz CT molecular complexity index is 523. The Morgan fingerprint density at radius 1 is 1.44 bits per heavy atom. The fourth-order valence-electron chi connectivity index (χ4n) is 2.32. The number of hydrogen-bond donors (Lipinski definition) is 2. The van der Waals surface area contributed by atoms with E-state index in [1.807, 2.05) is 0 Å². The van der Waals surface area contributed by atoms with Gasteiger partial charge in [0.05, 0.1) is 5.52 Å². The fourth-order valence-corrected chi connectivity index (χ4v) is 2.32. The molecule has 0 radical (unpaired) electrons. The molecule has 1 aromatic heterocycles. The van der Waals surface area contributed by atoms with Gasteiger partial charge in [-0.3, -0.25) is 5.10 Å². The Hall–Kier alpha value is -1.35. The van der Waals surface area contributed by atoms with E-state index in [9.17, 15) is 0 Å². The molecule has 1 saturated carbocycles. The van der Waals surface area contributed by atoms with Crippen LogP contribution < -0.4 is 5.73 Å². The number of benzene rings is 1. The zero-order chi connectivity index (χ0) is 11.2. The van der Waals surface area contributed by atoms with Gasteiger partial charge in [-0.25, -0.2) is 0 Å². The molecule has 3 rings (SSSR count). The second-order valence-corrected chi connectivity index (χ2v) is 5.02. The molecule has 1 aliphatic carbocycles. The van der Waals surface area contributed by atoms with Gasteiger partial charge >= 0.3 is 0 Å². The minimum Gasteiger partial charge on any atom is -0.325 e. The van der Waals surface area contributed by atoms with Crippen LogP contribution in [0.2, 0.25) is 0 Å². The minimum absolute atomic E-state index is 0.139.